The Balaban J connectivity index is 2.17. The average Bonchev–Trinajstić information content (AvgIpc) is 2.89. The van der Waals surface area contributed by atoms with E-state index in [-0.39, 0.29) is 0 Å². The van der Waals surface area contributed by atoms with Gasteiger partial charge in [0.2, 0.25) is 0 Å². The monoisotopic (exact) mass is 288 g/mol. The molecule has 2 heterocycles. The topological polar surface area (TPSA) is 72.3 Å². The maximum Gasteiger partial charge on any atom is 0.360 e. The van der Waals surface area contributed by atoms with Gasteiger partial charge in [0.1, 0.15) is 5.75 Å². The molecular weight excluding hydrogens is 276 g/mol. The maximum atomic E-state index is 11.2. The molecule has 20 heavy (non-hydrogen) atoms. The number of hydrogen-bond donors (Lipinski definition) is 1. The largest absolute Gasteiger partial charge is 0.496 e. The van der Waals surface area contributed by atoms with Gasteiger partial charge in [-0.1, -0.05) is 0 Å². The van der Waals surface area contributed by atoms with Crippen LogP contribution in [0.1, 0.15) is 0 Å². The number of thioether (sulfide) groups is 1. The first kappa shape index (κ1) is 12.7. The number of ether oxygens (including phenoxy) is 1. The standard InChI is InChI=1S/C13H12N4O2S/c1-19-11-5-8(20-2)3-4-9(11)10-7-17-12(15-10)6-14-13(18)16-17/h3-7H,1-2H3,(H,16,18). The van der Waals surface area contributed by atoms with Crippen molar-refractivity contribution in [1.82, 2.24) is 19.6 Å². The molecule has 6 nitrogen and oxygen atoms in total. The summed E-state index contributed by atoms with van der Waals surface area (Å²) >= 11 is 1.65. The summed E-state index contributed by atoms with van der Waals surface area (Å²) in [6.45, 7) is 0. The lowest BCUT2D eigenvalue weighted by Gasteiger charge is -2.07. The highest BCUT2D eigenvalue weighted by molar-refractivity contribution is 7.98. The number of benzene rings is 1. The Morgan fingerprint density at radius 3 is 3.00 bits per heavy atom. The zero-order valence-electron chi connectivity index (χ0n) is 11.0. The van der Waals surface area contributed by atoms with E-state index < -0.39 is 5.69 Å². The predicted octanol–water partition coefficient (Wildman–Crippen LogP) is 1.82. The molecule has 0 aliphatic carbocycles. The van der Waals surface area contributed by atoms with Crippen molar-refractivity contribution < 1.29 is 4.74 Å². The fraction of sp³-hybridized carbons (Fsp3) is 0.154. The van der Waals surface area contributed by atoms with Crippen molar-refractivity contribution in [3.05, 3.63) is 41.1 Å². The van der Waals surface area contributed by atoms with Crippen molar-refractivity contribution in [3.8, 4) is 17.0 Å². The minimum atomic E-state index is -0.411. The highest BCUT2D eigenvalue weighted by atomic mass is 32.2. The molecule has 0 aliphatic heterocycles. The number of imidazole rings is 1. The van der Waals surface area contributed by atoms with Crippen molar-refractivity contribution in [2.24, 2.45) is 0 Å². The third-order valence-electron chi connectivity index (χ3n) is 2.93. The normalized spacial score (nSPS) is 10.9. The van der Waals surface area contributed by atoms with Crippen LogP contribution in [0.25, 0.3) is 16.9 Å². The summed E-state index contributed by atoms with van der Waals surface area (Å²) < 4.78 is 6.96. The molecule has 0 spiro atoms. The Morgan fingerprint density at radius 2 is 2.25 bits per heavy atom. The number of H-pyrrole nitrogens is 1. The lowest BCUT2D eigenvalue weighted by Crippen LogP contribution is -2.13. The zero-order chi connectivity index (χ0) is 14.1. The van der Waals surface area contributed by atoms with Gasteiger partial charge in [0.25, 0.3) is 0 Å². The summed E-state index contributed by atoms with van der Waals surface area (Å²) in [6.07, 6.45) is 5.19. The Bertz CT molecular complexity index is 825. The van der Waals surface area contributed by atoms with Gasteiger partial charge in [0, 0.05) is 10.5 Å². The molecular formula is C13H12N4O2S. The molecule has 3 aromatic rings. The molecule has 3 rings (SSSR count). The molecule has 102 valence electrons. The number of aromatic nitrogens is 4. The third-order valence-corrected chi connectivity index (χ3v) is 3.66. The lowest BCUT2D eigenvalue weighted by atomic mass is 10.1. The van der Waals surface area contributed by atoms with Gasteiger partial charge in [0.15, 0.2) is 5.65 Å². The molecule has 1 aromatic carbocycles. The second-order valence-electron chi connectivity index (χ2n) is 4.10. The summed E-state index contributed by atoms with van der Waals surface area (Å²) in [6, 6.07) is 5.93. The first-order chi connectivity index (χ1) is 9.71. The van der Waals surface area contributed by atoms with E-state index in [2.05, 4.69) is 15.1 Å². The Kier molecular flexibility index (Phi) is 3.19. The van der Waals surface area contributed by atoms with Crippen LogP contribution in [-0.2, 0) is 0 Å². The number of rotatable bonds is 3. The fourth-order valence-electron chi connectivity index (χ4n) is 1.96. The van der Waals surface area contributed by atoms with Gasteiger partial charge < -0.3 is 4.74 Å². The number of methoxy groups -OCH3 is 1. The van der Waals surface area contributed by atoms with E-state index in [0.29, 0.717) is 5.65 Å². The number of nitrogens with zero attached hydrogens (tertiary/aromatic N) is 3. The molecule has 0 bridgehead atoms. The quantitative estimate of drug-likeness (QED) is 0.744. The van der Waals surface area contributed by atoms with Crippen LogP contribution in [0.4, 0.5) is 0 Å². The Labute approximate surface area is 118 Å². The molecule has 0 atom stereocenters. The number of aromatic amines is 1. The molecule has 7 heteroatoms. The molecule has 0 fully saturated rings. The minimum absolute atomic E-state index is 0.411. The van der Waals surface area contributed by atoms with Gasteiger partial charge in [0.05, 0.1) is 25.2 Å². The van der Waals surface area contributed by atoms with Crippen molar-refractivity contribution in [2.45, 2.75) is 4.90 Å². The van der Waals surface area contributed by atoms with Crippen LogP contribution in [0.2, 0.25) is 0 Å². The predicted molar refractivity (Wildman–Crippen MR) is 77.4 cm³/mol. The molecule has 1 N–H and O–H groups in total. The highest BCUT2D eigenvalue weighted by Gasteiger charge is 2.11. The minimum Gasteiger partial charge on any atom is -0.496 e. The molecule has 2 aromatic heterocycles. The molecule has 0 aliphatic rings. The summed E-state index contributed by atoms with van der Waals surface area (Å²) in [4.78, 5) is 20.4. The van der Waals surface area contributed by atoms with Crippen molar-refractivity contribution >= 4 is 17.4 Å². The highest BCUT2D eigenvalue weighted by Crippen LogP contribution is 2.32. The van der Waals surface area contributed by atoms with E-state index in [1.54, 1.807) is 29.6 Å². The van der Waals surface area contributed by atoms with E-state index in [1.165, 1.54) is 6.20 Å². The zero-order valence-corrected chi connectivity index (χ0v) is 11.8. The number of fused-ring (bicyclic) bond motifs is 1. The average molecular weight is 288 g/mol. The van der Waals surface area contributed by atoms with Crippen LogP contribution in [0, 0.1) is 0 Å². The smallest absolute Gasteiger partial charge is 0.360 e. The molecule has 0 amide bonds. The van der Waals surface area contributed by atoms with Crippen LogP contribution >= 0.6 is 11.8 Å². The van der Waals surface area contributed by atoms with Gasteiger partial charge in [-0.25, -0.2) is 19.4 Å². The Hall–Kier alpha value is -2.28. The summed E-state index contributed by atoms with van der Waals surface area (Å²) in [5, 5.41) is 2.58. The lowest BCUT2D eigenvalue weighted by molar-refractivity contribution is 0.415. The summed E-state index contributed by atoms with van der Waals surface area (Å²) in [7, 11) is 1.63. The van der Waals surface area contributed by atoms with Gasteiger partial charge >= 0.3 is 5.69 Å². The first-order valence-electron chi connectivity index (χ1n) is 5.88. The SMILES string of the molecule is COc1cc(SC)ccc1-c1cn2[nH]c(=O)ncc2n1. The fourth-order valence-corrected chi connectivity index (χ4v) is 2.39. The van der Waals surface area contributed by atoms with E-state index in [1.807, 2.05) is 24.5 Å². The van der Waals surface area contributed by atoms with Crippen LogP contribution in [0.15, 0.2) is 40.3 Å². The number of hydrogen-bond acceptors (Lipinski definition) is 5. The third kappa shape index (κ3) is 2.16. The first-order valence-corrected chi connectivity index (χ1v) is 7.10. The van der Waals surface area contributed by atoms with Gasteiger partial charge in [-0.2, -0.15) is 4.98 Å². The second kappa shape index (κ2) is 5.01. The van der Waals surface area contributed by atoms with Crippen LogP contribution in [0.5, 0.6) is 5.75 Å². The van der Waals surface area contributed by atoms with Crippen LogP contribution < -0.4 is 10.4 Å². The molecule has 0 saturated heterocycles. The van der Waals surface area contributed by atoms with E-state index >= 15 is 0 Å². The molecule has 0 saturated carbocycles. The van der Waals surface area contributed by atoms with Crippen molar-refractivity contribution in [2.75, 3.05) is 13.4 Å². The van der Waals surface area contributed by atoms with Crippen LogP contribution in [-0.4, -0.2) is 32.9 Å². The van der Waals surface area contributed by atoms with Crippen molar-refractivity contribution in [1.29, 1.82) is 0 Å². The van der Waals surface area contributed by atoms with E-state index in [4.69, 9.17) is 4.74 Å². The second-order valence-corrected chi connectivity index (χ2v) is 4.98. The Morgan fingerprint density at radius 1 is 1.40 bits per heavy atom. The maximum absolute atomic E-state index is 11.2. The van der Waals surface area contributed by atoms with Gasteiger partial charge in [-0.3, -0.25) is 0 Å². The summed E-state index contributed by atoms with van der Waals surface area (Å²) in [5.41, 5.74) is 1.76. The molecule has 0 radical (unpaired) electrons. The molecule has 0 unspecified atom stereocenters. The van der Waals surface area contributed by atoms with Crippen LogP contribution in [0.3, 0.4) is 0 Å². The summed E-state index contributed by atoms with van der Waals surface area (Å²) in [5.74, 6) is 0.746. The van der Waals surface area contributed by atoms with E-state index in [0.717, 1.165) is 21.9 Å². The number of nitrogens with one attached hydrogen (secondary N) is 1. The van der Waals surface area contributed by atoms with E-state index in [9.17, 15) is 4.79 Å². The van der Waals surface area contributed by atoms with Gasteiger partial charge in [-0.05, 0) is 24.5 Å². The van der Waals surface area contributed by atoms with Gasteiger partial charge in [-0.15, -0.1) is 11.8 Å². The van der Waals surface area contributed by atoms with Crippen molar-refractivity contribution in [3.63, 3.8) is 0 Å².